The molecule has 14 nitrogen and oxygen atoms in total. The Morgan fingerprint density at radius 1 is 0.547 bits per heavy atom. The first kappa shape index (κ1) is 59.0. The Morgan fingerprint density at radius 2 is 0.984 bits per heavy atom. The van der Waals surface area contributed by atoms with Gasteiger partial charge in [-0.05, 0) is 77.0 Å². The summed E-state index contributed by atoms with van der Waals surface area (Å²) in [6.45, 7) is 3.03. The number of esters is 2. The van der Waals surface area contributed by atoms with E-state index in [0.717, 1.165) is 51.4 Å². The lowest BCUT2D eigenvalue weighted by atomic mass is 9.85. The number of aliphatic hydroxyl groups is 6. The van der Waals surface area contributed by atoms with Crippen LogP contribution in [0.2, 0.25) is 0 Å². The first-order valence-corrected chi connectivity index (χ1v) is 25.0. The molecule has 0 aromatic carbocycles. The van der Waals surface area contributed by atoms with E-state index >= 15 is 0 Å². The Kier molecular flexibility index (Phi) is 35.2. The number of carbonyl (C=O) groups is 2. The van der Waals surface area contributed by atoms with Crippen molar-refractivity contribution in [3.63, 3.8) is 0 Å². The van der Waals surface area contributed by atoms with Crippen molar-refractivity contribution < 1.29 is 68.2 Å². The van der Waals surface area contributed by atoms with Crippen molar-refractivity contribution in [1.82, 2.24) is 0 Å². The van der Waals surface area contributed by atoms with E-state index in [4.69, 9.17) is 18.5 Å². The van der Waals surface area contributed by atoms with E-state index in [9.17, 15) is 49.7 Å². The highest BCUT2D eigenvalue weighted by Gasteiger charge is 2.51. The van der Waals surface area contributed by atoms with Crippen LogP contribution in [0.4, 0.5) is 0 Å². The average Bonchev–Trinajstić information content (AvgIpc) is 3.27. The molecule has 7 N–H and O–H groups in total. The summed E-state index contributed by atoms with van der Waals surface area (Å²) in [5.41, 5.74) is 0. The summed E-state index contributed by atoms with van der Waals surface area (Å²) >= 11 is 0. The van der Waals surface area contributed by atoms with Gasteiger partial charge in [0.1, 0.15) is 43.2 Å². The first-order chi connectivity index (χ1) is 30.8. The van der Waals surface area contributed by atoms with Gasteiger partial charge in [0, 0.05) is 12.8 Å². The Labute approximate surface area is 382 Å². The second kappa shape index (κ2) is 38.1. The third-order valence-electron chi connectivity index (χ3n) is 10.3. The summed E-state index contributed by atoms with van der Waals surface area (Å²) in [6.07, 6.45) is 32.7. The number of hydrogen-bond donors (Lipinski definition) is 7. The number of aliphatic hydroxyl groups excluding tert-OH is 6. The SMILES string of the molecule is CCCCCCCC/C=C\C/C=C\C/C=C\CCCC(=O)OC[C@H](COP(=O)(O)OC1[C@H](O)[C@H](O)C(O)[C@H](O)[C@H]1O)OC(=O)CCC/C=C\C/C=C\C/C=C\C/C=C\[C@H](O)CCCC. The highest BCUT2D eigenvalue weighted by atomic mass is 31.2. The molecule has 1 aliphatic rings. The highest BCUT2D eigenvalue weighted by molar-refractivity contribution is 7.47. The van der Waals surface area contributed by atoms with Gasteiger partial charge in [0.25, 0.3) is 0 Å². The van der Waals surface area contributed by atoms with Gasteiger partial charge in [-0.1, -0.05) is 144 Å². The zero-order valence-corrected chi connectivity index (χ0v) is 39.3. The van der Waals surface area contributed by atoms with Gasteiger partial charge in [-0.2, -0.15) is 0 Å². The molecule has 0 radical (unpaired) electrons. The Balaban J connectivity index is 2.56. The molecule has 9 atom stereocenters. The quantitative estimate of drug-likeness (QED) is 0.0135. The number of phosphoric ester groups is 1. The molecular formula is C49H81O14P. The number of hydrogen-bond acceptors (Lipinski definition) is 13. The summed E-state index contributed by atoms with van der Waals surface area (Å²) in [5.74, 6) is -1.26. The number of rotatable bonds is 37. The van der Waals surface area contributed by atoms with E-state index in [1.807, 2.05) is 42.5 Å². The van der Waals surface area contributed by atoms with Crippen molar-refractivity contribution in [3.8, 4) is 0 Å². The second-order valence-corrected chi connectivity index (χ2v) is 17.5. The van der Waals surface area contributed by atoms with Crippen LogP contribution in [0.5, 0.6) is 0 Å². The lowest BCUT2D eigenvalue weighted by molar-refractivity contribution is -0.220. The third-order valence-corrected chi connectivity index (χ3v) is 11.3. The molecule has 0 aliphatic heterocycles. The molecule has 0 aromatic rings. The molecule has 3 unspecified atom stereocenters. The van der Waals surface area contributed by atoms with Gasteiger partial charge in [0.05, 0.1) is 12.7 Å². The maximum atomic E-state index is 12.8. The standard InChI is InChI=1S/C49H81O14P/c1-3-5-7-8-9-10-11-12-13-14-15-16-20-23-26-29-32-36-42(51)60-38-41(39-61-64(58,59)63-49-47(56)45(54)44(53)46(55)48(49)57)62-43(52)37-33-30-27-24-21-18-17-19-22-25-28-31-35-40(50)34-6-4-2/h12-13,15-18,22-27,31,35,40-41,44-50,53-57H,3-11,14,19-21,28-30,32-34,36-39H2,1-2H3,(H,58,59)/b13-12-,16-15-,18-17-,25-22-,26-23-,27-24-,35-31-/t40-,41-,44?,45-,46+,47-,48-,49?/m1/s1. The maximum absolute atomic E-state index is 12.8. The minimum atomic E-state index is -5.16. The lowest BCUT2D eigenvalue weighted by Gasteiger charge is -2.41. The van der Waals surface area contributed by atoms with Crippen LogP contribution in [0.1, 0.15) is 149 Å². The fraction of sp³-hybridized carbons (Fsp3) is 0.673. The van der Waals surface area contributed by atoms with E-state index in [1.165, 1.54) is 38.5 Å². The fourth-order valence-corrected chi connectivity index (χ4v) is 7.40. The van der Waals surface area contributed by atoms with Crippen LogP contribution in [0.15, 0.2) is 85.1 Å². The molecule has 15 heteroatoms. The topological polar surface area (TPSA) is 230 Å². The van der Waals surface area contributed by atoms with Gasteiger partial charge < -0.3 is 45.0 Å². The monoisotopic (exact) mass is 925 g/mol. The molecule has 1 rings (SSSR count). The highest BCUT2D eigenvalue weighted by Crippen LogP contribution is 2.47. The Morgan fingerprint density at radius 3 is 1.52 bits per heavy atom. The van der Waals surface area contributed by atoms with Crippen molar-refractivity contribution in [2.75, 3.05) is 13.2 Å². The predicted octanol–water partition coefficient (Wildman–Crippen LogP) is 8.25. The van der Waals surface area contributed by atoms with Crippen molar-refractivity contribution in [2.24, 2.45) is 0 Å². The van der Waals surface area contributed by atoms with Gasteiger partial charge in [0.2, 0.25) is 0 Å². The van der Waals surface area contributed by atoms with Gasteiger partial charge in [0.15, 0.2) is 6.10 Å². The van der Waals surface area contributed by atoms with E-state index in [2.05, 4.69) is 56.4 Å². The summed E-state index contributed by atoms with van der Waals surface area (Å²) < 4.78 is 33.4. The molecule has 0 spiro atoms. The van der Waals surface area contributed by atoms with Gasteiger partial charge in [-0.15, -0.1) is 0 Å². The molecule has 1 fully saturated rings. The average molecular weight is 925 g/mol. The summed E-state index contributed by atoms with van der Waals surface area (Å²) in [5, 5.41) is 60.0. The molecule has 1 aliphatic carbocycles. The van der Waals surface area contributed by atoms with Crippen LogP contribution in [-0.2, 0) is 32.7 Å². The molecule has 64 heavy (non-hydrogen) atoms. The second-order valence-electron chi connectivity index (χ2n) is 16.1. The van der Waals surface area contributed by atoms with Gasteiger partial charge >= 0.3 is 19.8 Å². The van der Waals surface area contributed by atoms with E-state index in [0.29, 0.717) is 32.1 Å². The fourth-order valence-electron chi connectivity index (χ4n) is 6.43. The van der Waals surface area contributed by atoms with Crippen molar-refractivity contribution >= 4 is 19.8 Å². The molecule has 0 bridgehead atoms. The van der Waals surface area contributed by atoms with Gasteiger partial charge in [-0.25, -0.2) is 4.57 Å². The zero-order chi connectivity index (χ0) is 47.3. The van der Waals surface area contributed by atoms with Crippen molar-refractivity contribution in [1.29, 1.82) is 0 Å². The molecule has 366 valence electrons. The Bertz CT molecular complexity index is 1460. The largest absolute Gasteiger partial charge is 0.472 e. The van der Waals surface area contributed by atoms with Crippen molar-refractivity contribution in [3.05, 3.63) is 85.1 Å². The Hall–Kier alpha value is -3.01. The van der Waals surface area contributed by atoms with E-state index in [-0.39, 0.29) is 18.9 Å². The molecular weight excluding hydrogens is 843 g/mol. The van der Waals surface area contributed by atoms with Crippen LogP contribution in [0, 0.1) is 0 Å². The smallest absolute Gasteiger partial charge is 0.462 e. The van der Waals surface area contributed by atoms with Crippen LogP contribution in [-0.4, -0.2) is 110 Å². The predicted molar refractivity (Wildman–Crippen MR) is 250 cm³/mol. The van der Waals surface area contributed by atoms with Crippen LogP contribution >= 0.6 is 7.82 Å². The van der Waals surface area contributed by atoms with E-state index in [1.54, 1.807) is 0 Å². The summed E-state index contributed by atoms with van der Waals surface area (Å²) in [6, 6.07) is 0. The zero-order valence-electron chi connectivity index (χ0n) is 38.4. The van der Waals surface area contributed by atoms with Crippen LogP contribution in [0.25, 0.3) is 0 Å². The first-order valence-electron chi connectivity index (χ1n) is 23.5. The minimum absolute atomic E-state index is 0.0111. The summed E-state index contributed by atoms with van der Waals surface area (Å²) in [4.78, 5) is 35.7. The molecule has 0 saturated heterocycles. The van der Waals surface area contributed by atoms with Crippen LogP contribution < -0.4 is 0 Å². The molecule has 0 aromatic heterocycles. The number of ether oxygens (including phenoxy) is 2. The third kappa shape index (κ3) is 30.2. The normalized spacial score (nSPS) is 22.8. The number of carbonyl (C=O) groups excluding carboxylic acids is 2. The van der Waals surface area contributed by atoms with Crippen molar-refractivity contribution in [2.45, 2.75) is 198 Å². The van der Waals surface area contributed by atoms with E-state index < -0.39 is 75.7 Å². The number of phosphoric acid groups is 1. The lowest BCUT2D eigenvalue weighted by Crippen LogP contribution is -2.64. The van der Waals surface area contributed by atoms with Crippen LogP contribution in [0.3, 0.4) is 0 Å². The molecule has 1 saturated carbocycles. The number of unbranched alkanes of at least 4 members (excludes halogenated alkanes) is 9. The molecule has 0 amide bonds. The molecule has 0 heterocycles. The van der Waals surface area contributed by atoms with Gasteiger partial charge in [-0.3, -0.25) is 18.6 Å². The minimum Gasteiger partial charge on any atom is -0.462 e. The number of allylic oxidation sites excluding steroid dienone is 13. The summed E-state index contributed by atoms with van der Waals surface area (Å²) in [7, 11) is -5.16. The maximum Gasteiger partial charge on any atom is 0.472 e.